The van der Waals surface area contributed by atoms with Crippen molar-refractivity contribution >= 4 is 11.5 Å². The highest BCUT2D eigenvalue weighted by atomic mass is 19.1. The Morgan fingerprint density at radius 2 is 1.71 bits per heavy atom. The number of nitrogens with zero attached hydrogens (tertiary/aromatic N) is 2. The second-order valence-electron chi connectivity index (χ2n) is 6.80. The number of carbonyl (C=O) groups is 1. The molecule has 140 valence electrons. The van der Waals surface area contributed by atoms with E-state index < -0.39 is 17.6 Å². The Labute approximate surface area is 161 Å². The molecule has 4 nitrogen and oxygen atoms in total. The molecule has 0 bridgehead atoms. The van der Waals surface area contributed by atoms with Gasteiger partial charge in [0.2, 0.25) is 0 Å². The van der Waals surface area contributed by atoms with Gasteiger partial charge in [-0.2, -0.15) is 5.26 Å². The topological polar surface area (TPSA) is 70.1 Å². The molecule has 2 aromatic rings. The monoisotopic (exact) mass is 377 g/mol. The maximum atomic E-state index is 14.6. The number of nitrogens with two attached hydrogens (primary N) is 1. The fourth-order valence-corrected chi connectivity index (χ4v) is 4.02. The first-order valence-corrected chi connectivity index (χ1v) is 8.99. The van der Waals surface area contributed by atoms with Crippen LogP contribution in [0.3, 0.4) is 0 Å². The molecule has 0 saturated carbocycles. The molecule has 2 N–H and O–H groups in total. The molecule has 6 heteroatoms. The second-order valence-corrected chi connectivity index (χ2v) is 6.80. The summed E-state index contributed by atoms with van der Waals surface area (Å²) in [5.74, 6) is -2.42. The molecular weight excluding hydrogens is 360 g/mol. The van der Waals surface area contributed by atoms with Crippen LogP contribution in [-0.4, -0.2) is 5.78 Å². The van der Waals surface area contributed by atoms with Crippen molar-refractivity contribution in [1.82, 2.24) is 0 Å². The van der Waals surface area contributed by atoms with Crippen LogP contribution in [0.4, 0.5) is 14.5 Å². The summed E-state index contributed by atoms with van der Waals surface area (Å²) in [6.45, 7) is 0. The van der Waals surface area contributed by atoms with E-state index in [1.807, 2.05) is 30.3 Å². The van der Waals surface area contributed by atoms with Crippen molar-refractivity contribution in [3.05, 3.63) is 88.4 Å². The fraction of sp³-hybridized carbons (Fsp3) is 0.182. The van der Waals surface area contributed by atoms with Gasteiger partial charge in [-0.15, -0.1) is 0 Å². The molecule has 1 atom stereocenters. The van der Waals surface area contributed by atoms with Crippen LogP contribution in [0.15, 0.2) is 71.2 Å². The molecule has 0 aromatic heterocycles. The number of halogens is 2. The van der Waals surface area contributed by atoms with Gasteiger partial charge in [-0.1, -0.05) is 36.4 Å². The second kappa shape index (κ2) is 6.93. The maximum Gasteiger partial charge on any atom is 0.161 e. The smallest absolute Gasteiger partial charge is 0.161 e. The number of hydrogen-bond donors (Lipinski definition) is 1. The van der Waals surface area contributed by atoms with E-state index in [2.05, 4.69) is 6.07 Å². The first-order chi connectivity index (χ1) is 13.5. The average Bonchev–Trinajstić information content (AvgIpc) is 2.69. The van der Waals surface area contributed by atoms with Crippen LogP contribution in [0, 0.1) is 23.0 Å². The van der Waals surface area contributed by atoms with Gasteiger partial charge in [0.25, 0.3) is 0 Å². The van der Waals surface area contributed by atoms with Gasteiger partial charge in [0.05, 0.1) is 17.6 Å². The fourth-order valence-electron chi connectivity index (χ4n) is 4.02. The highest BCUT2D eigenvalue weighted by molar-refractivity contribution is 6.01. The molecule has 2 aromatic carbocycles. The number of carbonyl (C=O) groups excluding carboxylic acids is 1. The van der Waals surface area contributed by atoms with E-state index in [0.29, 0.717) is 30.5 Å². The lowest BCUT2D eigenvalue weighted by Crippen LogP contribution is -2.39. The SMILES string of the molecule is N#CC1=C(N)N(c2c(F)cccc2F)C2=C(C(=O)CCC2)[C@@H]1c1ccccc1. The lowest BCUT2D eigenvalue weighted by molar-refractivity contribution is -0.116. The average molecular weight is 377 g/mol. The molecule has 0 amide bonds. The summed E-state index contributed by atoms with van der Waals surface area (Å²) in [6, 6.07) is 14.7. The van der Waals surface area contributed by atoms with Crippen LogP contribution >= 0.6 is 0 Å². The van der Waals surface area contributed by atoms with Crippen molar-refractivity contribution in [3.63, 3.8) is 0 Å². The summed E-state index contributed by atoms with van der Waals surface area (Å²) >= 11 is 0. The summed E-state index contributed by atoms with van der Waals surface area (Å²) in [5.41, 5.74) is 7.65. The van der Waals surface area contributed by atoms with Gasteiger partial charge < -0.3 is 5.73 Å². The highest BCUT2D eigenvalue weighted by Gasteiger charge is 2.41. The van der Waals surface area contributed by atoms with Crippen molar-refractivity contribution in [2.45, 2.75) is 25.2 Å². The van der Waals surface area contributed by atoms with E-state index in [0.717, 1.165) is 17.7 Å². The van der Waals surface area contributed by atoms with E-state index in [-0.39, 0.29) is 22.9 Å². The Balaban J connectivity index is 2.02. The van der Waals surface area contributed by atoms with Gasteiger partial charge in [0.1, 0.15) is 23.1 Å². The zero-order valence-corrected chi connectivity index (χ0v) is 15.0. The van der Waals surface area contributed by atoms with Crippen LogP contribution < -0.4 is 10.6 Å². The minimum Gasteiger partial charge on any atom is -0.384 e. The van der Waals surface area contributed by atoms with Gasteiger partial charge >= 0.3 is 0 Å². The van der Waals surface area contributed by atoms with Crippen molar-refractivity contribution in [3.8, 4) is 6.07 Å². The van der Waals surface area contributed by atoms with Crippen LogP contribution in [0.5, 0.6) is 0 Å². The Morgan fingerprint density at radius 3 is 2.36 bits per heavy atom. The first kappa shape index (κ1) is 17.9. The van der Waals surface area contributed by atoms with Gasteiger partial charge in [0, 0.05) is 17.7 Å². The summed E-state index contributed by atoms with van der Waals surface area (Å²) in [7, 11) is 0. The number of ketones is 1. The molecule has 0 spiro atoms. The van der Waals surface area contributed by atoms with Gasteiger partial charge in [-0.25, -0.2) is 8.78 Å². The molecule has 1 aliphatic heterocycles. The van der Waals surface area contributed by atoms with Gasteiger partial charge in [0.15, 0.2) is 5.78 Å². The van der Waals surface area contributed by atoms with Gasteiger partial charge in [-0.3, -0.25) is 9.69 Å². The number of allylic oxidation sites excluding steroid dienone is 3. The lowest BCUT2D eigenvalue weighted by Gasteiger charge is -2.39. The quantitative estimate of drug-likeness (QED) is 0.849. The Morgan fingerprint density at radius 1 is 1.04 bits per heavy atom. The summed E-state index contributed by atoms with van der Waals surface area (Å²) in [5, 5.41) is 9.84. The van der Waals surface area contributed by atoms with Crippen LogP contribution in [0.25, 0.3) is 0 Å². The number of para-hydroxylation sites is 1. The minimum atomic E-state index is -0.803. The zero-order valence-electron chi connectivity index (χ0n) is 15.0. The van der Waals surface area contributed by atoms with Crippen LogP contribution in [0.2, 0.25) is 0 Å². The van der Waals surface area contributed by atoms with Crippen LogP contribution in [0.1, 0.15) is 30.7 Å². The van der Waals surface area contributed by atoms with Crippen LogP contribution in [-0.2, 0) is 4.79 Å². The number of hydrogen-bond acceptors (Lipinski definition) is 4. The van der Waals surface area contributed by atoms with Crippen molar-refractivity contribution in [1.29, 1.82) is 5.26 Å². The number of anilines is 1. The normalized spacial score (nSPS) is 19.5. The molecule has 1 aliphatic carbocycles. The van der Waals surface area contributed by atoms with E-state index in [4.69, 9.17) is 5.73 Å². The van der Waals surface area contributed by atoms with E-state index in [1.54, 1.807) is 0 Å². The number of Topliss-reactive ketones (excluding diaryl/α,β-unsaturated/α-hetero) is 1. The van der Waals surface area contributed by atoms with E-state index in [9.17, 15) is 18.8 Å². The molecule has 2 aliphatic rings. The zero-order chi connectivity index (χ0) is 19.8. The maximum absolute atomic E-state index is 14.6. The Hall–Kier alpha value is -3.46. The molecule has 0 fully saturated rings. The summed E-state index contributed by atoms with van der Waals surface area (Å²) in [6.07, 6.45) is 1.33. The predicted octanol–water partition coefficient (Wildman–Crippen LogP) is 4.27. The van der Waals surface area contributed by atoms with Crippen molar-refractivity contribution < 1.29 is 13.6 Å². The minimum absolute atomic E-state index is 0.0474. The molecule has 28 heavy (non-hydrogen) atoms. The summed E-state index contributed by atoms with van der Waals surface area (Å²) < 4.78 is 29.1. The number of benzene rings is 2. The van der Waals surface area contributed by atoms with E-state index in [1.165, 1.54) is 11.0 Å². The third-order valence-electron chi connectivity index (χ3n) is 5.21. The first-order valence-electron chi connectivity index (χ1n) is 8.99. The third-order valence-corrected chi connectivity index (χ3v) is 5.21. The molecule has 4 rings (SSSR count). The molecule has 1 heterocycles. The highest BCUT2D eigenvalue weighted by Crippen LogP contribution is 2.46. The van der Waals surface area contributed by atoms with Crippen molar-refractivity contribution in [2.24, 2.45) is 5.73 Å². The third kappa shape index (κ3) is 2.67. The largest absolute Gasteiger partial charge is 0.384 e. The Kier molecular flexibility index (Phi) is 4.44. The summed E-state index contributed by atoms with van der Waals surface area (Å²) in [4.78, 5) is 14.1. The predicted molar refractivity (Wildman–Crippen MR) is 101 cm³/mol. The van der Waals surface area contributed by atoms with Gasteiger partial charge in [-0.05, 0) is 30.5 Å². The number of rotatable bonds is 2. The lowest BCUT2D eigenvalue weighted by atomic mass is 9.75. The molecule has 0 saturated heterocycles. The Bertz CT molecular complexity index is 1050. The molecule has 0 radical (unpaired) electrons. The molecule has 0 unspecified atom stereocenters. The van der Waals surface area contributed by atoms with Crippen molar-refractivity contribution in [2.75, 3.05) is 4.90 Å². The van der Waals surface area contributed by atoms with E-state index >= 15 is 0 Å². The standard InChI is InChI=1S/C22H17F2N3O/c23-15-8-4-9-16(24)21(15)27-17-10-5-11-18(28)20(17)19(14(12-25)22(27)26)13-6-2-1-3-7-13/h1-4,6-9,19H,5,10-11,26H2/t19-/m1/s1. The molecular formula is C22H17F2N3O. The number of nitriles is 1.